The van der Waals surface area contributed by atoms with Crippen molar-refractivity contribution in [2.24, 2.45) is 0 Å². The highest BCUT2D eigenvalue weighted by molar-refractivity contribution is 5.68. The van der Waals surface area contributed by atoms with Crippen LogP contribution in [0.3, 0.4) is 0 Å². The predicted octanol–water partition coefficient (Wildman–Crippen LogP) is 2.48. The second-order valence-corrected chi connectivity index (χ2v) is 6.69. The SMILES string of the molecule is CCc1cc(N2CCN(C(=O)OC(C)(C)C)C[C@H]2C)ncn1. The topological polar surface area (TPSA) is 58.6 Å². The molecule has 1 aliphatic heterocycles. The van der Waals surface area contributed by atoms with E-state index < -0.39 is 5.60 Å². The largest absolute Gasteiger partial charge is 0.444 e. The van der Waals surface area contributed by atoms with Gasteiger partial charge in [0.25, 0.3) is 0 Å². The third-order valence-electron chi connectivity index (χ3n) is 3.64. The molecule has 2 heterocycles. The highest BCUT2D eigenvalue weighted by atomic mass is 16.6. The maximum Gasteiger partial charge on any atom is 0.410 e. The molecule has 2 rings (SSSR count). The fourth-order valence-corrected chi connectivity index (χ4v) is 2.53. The summed E-state index contributed by atoms with van der Waals surface area (Å²) in [5.41, 5.74) is 0.576. The maximum absolute atomic E-state index is 12.2. The number of carbonyl (C=O) groups is 1. The van der Waals surface area contributed by atoms with Crippen LogP contribution in [-0.2, 0) is 11.2 Å². The molecule has 0 aliphatic carbocycles. The quantitative estimate of drug-likeness (QED) is 0.840. The normalized spacial score (nSPS) is 19.2. The van der Waals surface area contributed by atoms with Gasteiger partial charge in [-0.3, -0.25) is 0 Å². The van der Waals surface area contributed by atoms with Crippen LogP contribution in [0.25, 0.3) is 0 Å². The van der Waals surface area contributed by atoms with Crippen LogP contribution >= 0.6 is 0 Å². The Kier molecular flexibility index (Phi) is 4.88. The van der Waals surface area contributed by atoms with Gasteiger partial charge >= 0.3 is 6.09 Å². The minimum absolute atomic E-state index is 0.195. The molecule has 0 aromatic carbocycles. The van der Waals surface area contributed by atoms with Crippen LogP contribution in [0.15, 0.2) is 12.4 Å². The number of carbonyl (C=O) groups excluding carboxylic acids is 1. The van der Waals surface area contributed by atoms with Crippen molar-refractivity contribution in [3.63, 3.8) is 0 Å². The molecule has 0 radical (unpaired) electrons. The summed E-state index contributed by atoms with van der Waals surface area (Å²) in [7, 11) is 0. The fraction of sp³-hybridized carbons (Fsp3) is 0.688. The van der Waals surface area contributed by atoms with Crippen molar-refractivity contribution in [3.8, 4) is 0 Å². The lowest BCUT2D eigenvalue weighted by Crippen LogP contribution is -2.54. The van der Waals surface area contributed by atoms with Gasteiger partial charge in [0, 0.05) is 37.4 Å². The monoisotopic (exact) mass is 306 g/mol. The van der Waals surface area contributed by atoms with E-state index >= 15 is 0 Å². The molecule has 0 bridgehead atoms. The zero-order valence-electron chi connectivity index (χ0n) is 14.2. The van der Waals surface area contributed by atoms with Crippen molar-refractivity contribution in [1.29, 1.82) is 0 Å². The summed E-state index contributed by atoms with van der Waals surface area (Å²) in [5.74, 6) is 0.934. The average molecular weight is 306 g/mol. The molecule has 6 heteroatoms. The molecule has 0 unspecified atom stereocenters. The van der Waals surface area contributed by atoms with Crippen LogP contribution in [0.5, 0.6) is 0 Å². The van der Waals surface area contributed by atoms with Gasteiger partial charge in [-0.05, 0) is 34.1 Å². The third kappa shape index (κ3) is 4.08. The molecule has 0 spiro atoms. The molecule has 1 aromatic heterocycles. The van der Waals surface area contributed by atoms with E-state index in [0.717, 1.165) is 24.5 Å². The highest BCUT2D eigenvalue weighted by Gasteiger charge is 2.30. The molecule has 1 saturated heterocycles. The first-order valence-electron chi connectivity index (χ1n) is 7.85. The second kappa shape index (κ2) is 6.50. The van der Waals surface area contributed by atoms with Gasteiger partial charge in [-0.1, -0.05) is 6.92 Å². The smallest absolute Gasteiger partial charge is 0.410 e. The van der Waals surface area contributed by atoms with Crippen LogP contribution in [0.1, 0.15) is 40.3 Å². The van der Waals surface area contributed by atoms with Gasteiger partial charge in [-0.25, -0.2) is 14.8 Å². The summed E-state index contributed by atoms with van der Waals surface area (Å²) in [5, 5.41) is 0. The van der Waals surface area contributed by atoms with E-state index in [-0.39, 0.29) is 12.1 Å². The standard InChI is InChI=1S/C16H26N4O2/c1-6-13-9-14(18-11-17-13)20-8-7-19(10-12(20)2)15(21)22-16(3,4)5/h9,11-12H,6-8,10H2,1-5H3/t12-/m1/s1. The zero-order chi connectivity index (χ0) is 16.3. The Bertz CT molecular complexity index is 527. The van der Waals surface area contributed by atoms with E-state index in [1.165, 1.54) is 0 Å². The zero-order valence-corrected chi connectivity index (χ0v) is 14.2. The van der Waals surface area contributed by atoms with E-state index in [4.69, 9.17) is 4.74 Å². The summed E-state index contributed by atoms with van der Waals surface area (Å²) >= 11 is 0. The van der Waals surface area contributed by atoms with E-state index in [9.17, 15) is 4.79 Å². The molecular weight excluding hydrogens is 280 g/mol. The van der Waals surface area contributed by atoms with Gasteiger partial charge in [0.05, 0.1) is 0 Å². The molecule has 22 heavy (non-hydrogen) atoms. The number of nitrogens with zero attached hydrogens (tertiary/aromatic N) is 4. The predicted molar refractivity (Wildman–Crippen MR) is 86.0 cm³/mol. The van der Waals surface area contributed by atoms with E-state index in [0.29, 0.717) is 13.1 Å². The number of hydrogen-bond acceptors (Lipinski definition) is 5. The molecule has 1 atom stereocenters. The lowest BCUT2D eigenvalue weighted by atomic mass is 10.2. The molecule has 6 nitrogen and oxygen atoms in total. The molecule has 1 amide bonds. The second-order valence-electron chi connectivity index (χ2n) is 6.69. The maximum atomic E-state index is 12.2. The summed E-state index contributed by atoms with van der Waals surface area (Å²) in [6.45, 7) is 11.9. The Morgan fingerprint density at radius 1 is 1.36 bits per heavy atom. The van der Waals surface area contributed by atoms with Crippen molar-refractivity contribution >= 4 is 11.9 Å². The number of ether oxygens (including phenoxy) is 1. The Balaban J connectivity index is 2.02. The van der Waals surface area contributed by atoms with Gasteiger partial charge in [-0.2, -0.15) is 0 Å². The van der Waals surface area contributed by atoms with Gasteiger partial charge in [-0.15, -0.1) is 0 Å². The number of rotatable bonds is 2. The van der Waals surface area contributed by atoms with Gasteiger partial charge in [0.15, 0.2) is 0 Å². The molecular formula is C16H26N4O2. The fourth-order valence-electron chi connectivity index (χ4n) is 2.53. The van der Waals surface area contributed by atoms with Gasteiger partial charge in [0.2, 0.25) is 0 Å². The molecule has 0 N–H and O–H groups in total. The number of piperazine rings is 1. The summed E-state index contributed by atoms with van der Waals surface area (Å²) in [6.07, 6.45) is 2.26. The number of anilines is 1. The third-order valence-corrected chi connectivity index (χ3v) is 3.64. The first-order valence-corrected chi connectivity index (χ1v) is 7.85. The summed E-state index contributed by atoms with van der Waals surface area (Å²) < 4.78 is 5.45. The lowest BCUT2D eigenvalue weighted by molar-refractivity contribution is 0.0218. The van der Waals surface area contributed by atoms with Crippen molar-refractivity contribution in [2.75, 3.05) is 24.5 Å². The molecule has 122 valence electrons. The minimum Gasteiger partial charge on any atom is -0.444 e. The van der Waals surface area contributed by atoms with E-state index in [1.807, 2.05) is 26.8 Å². The first-order chi connectivity index (χ1) is 10.3. The van der Waals surface area contributed by atoms with Crippen molar-refractivity contribution in [3.05, 3.63) is 18.1 Å². The number of aryl methyl sites for hydroxylation is 1. The Hall–Kier alpha value is -1.85. The number of amides is 1. The molecule has 1 aromatic rings. The lowest BCUT2D eigenvalue weighted by Gasteiger charge is -2.40. The molecule has 0 saturated carbocycles. The van der Waals surface area contributed by atoms with Crippen LogP contribution in [-0.4, -0.2) is 52.2 Å². The van der Waals surface area contributed by atoms with Crippen LogP contribution in [0, 0.1) is 0 Å². The first kappa shape index (κ1) is 16.5. The number of aromatic nitrogens is 2. The van der Waals surface area contributed by atoms with E-state index in [1.54, 1.807) is 11.2 Å². The van der Waals surface area contributed by atoms with Crippen molar-refractivity contribution in [1.82, 2.24) is 14.9 Å². The summed E-state index contributed by atoms with van der Waals surface area (Å²) in [6, 6.07) is 2.22. The molecule has 1 fully saturated rings. The van der Waals surface area contributed by atoms with E-state index in [2.05, 4.69) is 28.7 Å². The Morgan fingerprint density at radius 3 is 2.68 bits per heavy atom. The average Bonchev–Trinajstić information content (AvgIpc) is 2.45. The van der Waals surface area contributed by atoms with Crippen molar-refractivity contribution in [2.45, 2.75) is 52.7 Å². The van der Waals surface area contributed by atoms with Crippen LogP contribution in [0.2, 0.25) is 0 Å². The van der Waals surface area contributed by atoms with Crippen molar-refractivity contribution < 1.29 is 9.53 Å². The van der Waals surface area contributed by atoms with Crippen LogP contribution < -0.4 is 4.90 Å². The van der Waals surface area contributed by atoms with Crippen LogP contribution in [0.4, 0.5) is 10.6 Å². The Morgan fingerprint density at radius 2 is 2.09 bits per heavy atom. The summed E-state index contributed by atoms with van der Waals surface area (Å²) in [4.78, 5) is 24.8. The minimum atomic E-state index is -0.458. The molecule has 1 aliphatic rings. The number of hydrogen-bond donors (Lipinski definition) is 0. The Labute approximate surface area is 132 Å². The van der Waals surface area contributed by atoms with Gasteiger partial charge in [0.1, 0.15) is 17.7 Å². The van der Waals surface area contributed by atoms with Gasteiger partial charge < -0.3 is 14.5 Å². The highest BCUT2D eigenvalue weighted by Crippen LogP contribution is 2.20.